The Labute approximate surface area is 73.7 Å². The van der Waals surface area contributed by atoms with E-state index in [1.54, 1.807) is 0 Å². The summed E-state index contributed by atoms with van der Waals surface area (Å²) in [7, 11) is 0. The van der Waals surface area contributed by atoms with Crippen molar-refractivity contribution in [2.24, 2.45) is 11.7 Å². The molecule has 0 heterocycles. The van der Waals surface area contributed by atoms with Crippen LogP contribution in [0.3, 0.4) is 0 Å². The Morgan fingerprint density at radius 2 is 2.42 bits per heavy atom. The molecule has 1 saturated carbocycles. The van der Waals surface area contributed by atoms with Gasteiger partial charge < -0.3 is 11.1 Å². The summed E-state index contributed by atoms with van der Waals surface area (Å²) in [5.41, 5.74) is 4.98. The molecule has 0 spiro atoms. The highest BCUT2D eigenvalue weighted by molar-refractivity contribution is 5.85. The Bertz CT molecular complexity index is 177. The van der Waals surface area contributed by atoms with Crippen molar-refractivity contribution in [1.82, 2.24) is 5.32 Å². The highest BCUT2D eigenvalue weighted by atomic mass is 16.1. The maximum Gasteiger partial charge on any atom is 0.237 e. The summed E-state index contributed by atoms with van der Waals surface area (Å²) in [4.78, 5) is 11.2. The lowest BCUT2D eigenvalue weighted by molar-refractivity contribution is -0.124. The van der Waals surface area contributed by atoms with Crippen molar-refractivity contribution in [3.63, 3.8) is 0 Å². The summed E-state index contributed by atoms with van der Waals surface area (Å²) in [6.45, 7) is 4.99. The number of amides is 1. The molecular weight excluding hydrogens is 152 g/mol. The van der Waals surface area contributed by atoms with Crippen LogP contribution >= 0.6 is 0 Å². The maximum absolute atomic E-state index is 11.2. The molecule has 1 aliphatic carbocycles. The van der Waals surface area contributed by atoms with Gasteiger partial charge in [0.15, 0.2) is 0 Å². The molecule has 2 unspecified atom stereocenters. The van der Waals surface area contributed by atoms with Gasteiger partial charge in [0.25, 0.3) is 0 Å². The number of carbonyl (C=O) groups is 1. The van der Waals surface area contributed by atoms with Crippen molar-refractivity contribution >= 4 is 5.91 Å². The number of carbonyl (C=O) groups excluding carboxylic acids is 1. The molecule has 0 radical (unpaired) electrons. The van der Waals surface area contributed by atoms with Gasteiger partial charge in [-0.15, -0.1) is 0 Å². The average molecular weight is 170 g/mol. The summed E-state index contributed by atoms with van der Waals surface area (Å²) in [5.74, 6) is 0.435. The van der Waals surface area contributed by atoms with Crippen LogP contribution in [0.4, 0.5) is 0 Å². The summed E-state index contributed by atoms with van der Waals surface area (Å²) in [6.07, 6.45) is 2.91. The van der Waals surface area contributed by atoms with Gasteiger partial charge in [0.05, 0.1) is 5.54 Å². The van der Waals surface area contributed by atoms with Crippen LogP contribution in [-0.2, 0) is 4.79 Å². The maximum atomic E-state index is 11.2. The number of likely N-dealkylation sites (N-methyl/N-ethyl adjacent to an activating group) is 1. The Morgan fingerprint density at radius 3 is 2.75 bits per heavy atom. The van der Waals surface area contributed by atoms with Gasteiger partial charge in [-0.05, 0) is 31.7 Å². The fourth-order valence-corrected chi connectivity index (χ4v) is 2.10. The second-order valence-corrected chi connectivity index (χ2v) is 3.82. The second kappa shape index (κ2) is 3.44. The Kier molecular flexibility index (Phi) is 2.73. The molecule has 1 amide bonds. The van der Waals surface area contributed by atoms with Crippen LogP contribution in [-0.4, -0.2) is 18.0 Å². The second-order valence-electron chi connectivity index (χ2n) is 3.82. The van der Waals surface area contributed by atoms with Gasteiger partial charge >= 0.3 is 0 Å². The topological polar surface area (TPSA) is 55.1 Å². The molecule has 0 bridgehead atoms. The molecule has 3 N–H and O–H groups in total. The third-order valence-electron chi connectivity index (χ3n) is 2.75. The van der Waals surface area contributed by atoms with Crippen LogP contribution in [0.2, 0.25) is 0 Å². The van der Waals surface area contributed by atoms with Gasteiger partial charge in [-0.2, -0.15) is 0 Å². The Morgan fingerprint density at radius 1 is 1.75 bits per heavy atom. The minimum absolute atomic E-state index is 0.186. The Hall–Kier alpha value is -0.570. The number of hydrogen-bond donors (Lipinski definition) is 2. The molecule has 0 aliphatic heterocycles. The van der Waals surface area contributed by atoms with E-state index in [4.69, 9.17) is 5.73 Å². The molecule has 0 aromatic heterocycles. The third-order valence-corrected chi connectivity index (χ3v) is 2.75. The number of nitrogens with one attached hydrogen (secondary N) is 1. The van der Waals surface area contributed by atoms with Gasteiger partial charge in [0.2, 0.25) is 5.91 Å². The van der Waals surface area contributed by atoms with Crippen molar-refractivity contribution < 1.29 is 4.79 Å². The predicted octanol–water partition coefficient (Wildman–Crippen LogP) is 0.640. The fraction of sp³-hybridized carbons (Fsp3) is 0.889. The first kappa shape index (κ1) is 9.52. The first-order valence-corrected chi connectivity index (χ1v) is 4.65. The number of nitrogens with two attached hydrogens (primary N) is 1. The van der Waals surface area contributed by atoms with Crippen LogP contribution in [0.5, 0.6) is 0 Å². The van der Waals surface area contributed by atoms with Gasteiger partial charge in [0, 0.05) is 0 Å². The van der Waals surface area contributed by atoms with Crippen molar-refractivity contribution in [2.75, 3.05) is 6.54 Å². The lowest BCUT2D eigenvalue weighted by atomic mass is 9.95. The van der Waals surface area contributed by atoms with Crippen LogP contribution < -0.4 is 11.1 Å². The third kappa shape index (κ3) is 1.61. The molecule has 2 atom stereocenters. The van der Waals surface area contributed by atoms with Crippen LogP contribution in [0, 0.1) is 5.92 Å². The first-order chi connectivity index (χ1) is 5.60. The zero-order valence-corrected chi connectivity index (χ0v) is 7.89. The van der Waals surface area contributed by atoms with Crippen molar-refractivity contribution in [2.45, 2.75) is 38.6 Å². The minimum atomic E-state index is -0.395. The molecule has 3 nitrogen and oxygen atoms in total. The number of primary amides is 1. The van der Waals surface area contributed by atoms with Crippen molar-refractivity contribution in [3.8, 4) is 0 Å². The van der Waals surface area contributed by atoms with E-state index < -0.39 is 5.54 Å². The standard InChI is InChI=1S/C9H18N2O/c1-3-11-9(8(10)12)5-4-7(2)6-9/h7,11H,3-6H2,1-2H3,(H2,10,12). The molecule has 1 aliphatic rings. The van der Waals surface area contributed by atoms with E-state index in [9.17, 15) is 4.79 Å². The zero-order valence-electron chi connectivity index (χ0n) is 7.89. The molecule has 12 heavy (non-hydrogen) atoms. The largest absolute Gasteiger partial charge is 0.368 e. The van der Waals surface area contributed by atoms with Crippen LogP contribution in [0.25, 0.3) is 0 Å². The molecule has 0 aromatic carbocycles. The van der Waals surface area contributed by atoms with Crippen molar-refractivity contribution in [1.29, 1.82) is 0 Å². The molecule has 70 valence electrons. The smallest absolute Gasteiger partial charge is 0.237 e. The first-order valence-electron chi connectivity index (χ1n) is 4.65. The molecular formula is C9H18N2O. The molecule has 3 heteroatoms. The van der Waals surface area contributed by atoms with E-state index in [1.807, 2.05) is 6.92 Å². The molecule has 1 rings (SSSR count). The van der Waals surface area contributed by atoms with E-state index in [0.717, 1.165) is 25.8 Å². The summed E-state index contributed by atoms with van der Waals surface area (Å²) in [5, 5.41) is 3.21. The van der Waals surface area contributed by atoms with E-state index in [-0.39, 0.29) is 5.91 Å². The highest BCUT2D eigenvalue weighted by Gasteiger charge is 2.41. The van der Waals surface area contributed by atoms with Gasteiger partial charge in [-0.3, -0.25) is 4.79 Å². The molecule has 1 fully saturated rings. The van der Waals surface area contributed by atoms with Gasteiger partial charge in [-0.1, -0.05) is 13.8 Å². The molecule has 0 aromatic rings. The monoisotopic (exact) mass is 170 g/mol. The SMILES string of the molecule is CCNC1(C(N)=O)CCC(C)C1. The van der Waals surface area contributed by atoms with E-state index >= 15 is 0 Å². The van der Waals surface area contributed by atoms with Gasteiger partial charge in [0.1, 0.15) is 0 Å². The lowest BCUT2D eigenvalue weighted by Crippen LogP contribution is -2.53. The Balaban J connectivity index is 2.67. The lowest BCUT2D eigenvalue weighted by Gasteiger charge is -2.26. The van der Waals surface area contributed by atoms with E-state index in [0.29, 0.717) is 5.92 Å². The quantitative estimate of drug-likeness (QED) is 0.653. The van der Waals surface area contributed by atoms with Crippen LogP contribution in [0.1, 0.15) is 33.1 Å². The fourth-order valence-electron chi connectivity index (χ4n) is 2.10. The number of rotatable bonds is 3. The minimum Gasteiger partial charge on any atom is -0.368 e. The highest BCUT2D eigenvalue weighted by Crippen LogP contribution is 2.33. The van der Waals surface area contributed by atoms with E-state index in [2.05, 4.69) is 12.2 Å². The summed E-state index contributed by atoms with van der Waals surface area (Å²) < 4.78 is 0. The normalized spacial score (nSPS) is 35.3. The number of hydrogen-bond acceptors (Lipinski definition) is 2. The van der Waals surface area contributed by atoms with Gasteiger partial charge in [-0.25, -0.2) is 0 Å². The molecule has 0 saturated heterocycles. The van der Waals surface area contributed by atoms with E-state index in [1.165, 1.54) is 0 Å². The summed E-state index contributed by atoms with van der Waals surface area (Å²) >= 11 is 0. The average Bonchev–Trinajstić information content (AvgIpc) is 2.34. The van der Waals surface area contributed by atoms with Crippen molar-refractivity contribution in [3.05, 3.63) is 0 Å². The van der Waals surface area contributed by atoms with Crippen LogP contribution in [0.15, 0.2) is 0 Å². The predicted molar refractivity (Wildman–Crippen MR) is 48.6 cm³/mol. The zero-order chi connectivity index (χ0) is 9.19. The summed E-state index contributed by atoms with van der Waals surface area (Å²) in [6, 6.07) is 0.